The summed E-state index contributed by atoms with van der Waals surface area (Å²) in [6.45, 7) is 1.84. The van der Waals surface area contributed by atoms with E-state index in [1.54, 1.807) is 0 Å². The van der Waals surface area contributed by atoms with Gasteiger partial charge in [-0.2, -0.15) is 0 Å². The van der Waals surface area contributed by atoms with E-state index in [2.05, 4.69) is 22.6 Å². The number of aliphatic hydroxyl groups excluding tert-OH is 1. The molecule has 2 bridgehead atoms. The maximum atomic E-state index is 13.4. The van der Waals surface area contributed by atoms with Crippen LogP contribution in [0.2, 0.25) is 0 Å². The zero-order valence-electron chi connectivity index (χ0n) is 24.2. The number of ether oxygens (including phenoxy) is 2. The van der Waals surface area contributed by atoms with Gasteiger partial charge in [0.05, 0.1) is 18.2 Å². The number of hydrogen-bond acceptors (Lipinski definition) is 6. The maximum absolute atomic E-state index is 13.4. The number of benzene rings is 4. The lowest BCUT2D eigenvalue weighted by Crippen LogP contribution is -2.48. The molecule has 0 radical (unpaired) electrons. The summed E-state index contributed by atoms with van der Waals surface area (Å²) < 4.78 is 11.7. The second-order valence-corrected chi connectivity index (χ2v) is 11.9. The number of amides is 2. The molecule has 5 unspecified atom stereocenters. The molecule has 8 nitrogen and oxygen atoms in total. The molecule has 4 aromatic carbocycles. The van der Waals surface area contributed by atoms with Gasteiger partial charge in [0.25, 0.3) is 0 Å². The Kier molecular flexibility index (Phi) is 7.13. The largest absolute Gasteiger partial charge is 0.446 e. The van der Waals surface area contributed by atoms with Crippen molar-refractivity contribution in [3.05, 3.63) is 96.1 Å². The molecule has 3 heterocycles. The molecule has 7 rings (SSSR count). The number of hydrogen-bond donors (Lipinski definition) is 3. The number of nitrogens with zero attached hydrogens (tertiary/aromatic N) is 1. The molecule has 2 amide bonds. The van der Waals surface area contributed by atoms with E-state index >= 15 is 0 Å². The number of morpholine rings is 1. The van der Waals surface area contributed by atoms with Crippen molar-refractivity contribution in [1.82, 2.24) is 4.90 Å². The van der Waals surface area contributed by atoms with Gasteiger partial charge in [-0.25, -0.2) is 4.79 Å². The van der Waals surface area contributed by atoms with Crippen LogP contribution in [-0.2, 0) is 20.9 Å². The number of carbonyl (C=O) groups is 2. The molecule has 5 atom stereocenters. The molecule has 8 heteroatoms. The first-order valence-electron chi connectivity index (χ1n) is 14.9. The van der Waals surface area contributed by atoms with Gasteiger partial charge in [0, 0.05) is 36.2 Å². The highest BCUT2D eigenvalue weighted by molar-refractivity contribution is 5.99. The molecular formula is C35H35N3O5. The van der Waals surface area contributed by atoms with Crippen molar-refractivity contribution in [2.75, 3.05) is 17.7 Å². The molecule has 4 aromatic rings. The number of piperidine rings is 1. The van der Waals surface area contributed by atoms with Crippen LogP contribution in [0.1, 0.15) is 36.8 Å². The van der Waals surface area contributed by atoms with Gasteiger partial charge in [-0.3, -0.25) is 15.0 Å². The Balaban J connectivity index is 1.08. The molecule has 43 heavy (non-hydrogen) atoms. The lowest BCUT2D eigenvalue weighted by atomic mass is 9.95. The summed E-state index contributed by atoms with van der Waals surface area (Å²) in [7, 11) is 2.13. The summed E-state index contributed by atoms with van der Waals surface area (Å²) in [5.74, 6) is -0.639. The summed E-state index contributed by atoms with van der Waals surface area (Å²) in [4.78, 5) is 28.9. The first kappa shape index (κ1) is 27.6. The van der Waals surface area contributed by atoms with Crippen LogP contribution >= 0.6 is 0 Å². The normalized spacial score (nSPS) is 24.7. The van der Waals surface area contributed by atoms with E-state index in [0.717, 1.165) is 45.9 Å². The minimum Gasteiger partial charge on any atom is -0.446 e. The summed E-state index contributed by atoms with van der Waals surface area (Å²) >= 11 is 0. The van der Waals surface area contributed by atoms with Crippen molar-refractivity contribution in [1.29, 1.82) is 0 Å². The van der Waals surface area contributed by atoms with Crippen LogP contribution in [-0.4, -0.2) is 59.5 Å². The number of fused-ring (bicyclic) bond motifs is 6. The van der Waals surface area contributed by atoms with Gasteiger partial charge < -0.3 is 19.9 Å². The van der Waals surface area contributed by atoms with Gasteiger partial charge in [-0.1, -0.05) is 60.7 Å². The third-order valence-corrected chi connectivity index (χ3v) is 9.26. The fourth-order valence-corrected chi connectivity index (χ4v) is 6.76. The van der Waals surface area contributed by atoms with Gasteiger partial charge in [-0.15, -0.1) is 0 Å². The van der Waals surface area contributed by atoms with Crippen LogP contribution in [0.25, 0.3) is 21.9 Å². The Bertz CT molecular complexity index is 1670. The van der Waals surface area contributed by atoms with Gasteiger partial charge in [0.15, 0.2) is 0 Å². The van der Waals surface area contributed by atoms with Crippen LogP contribution in [0.15, 0.2) is 84.9 Å². The van der Waals surface area contributed by atoms with E-state index in [9.17, 15) is 14.7 Å². The summed E-state index contributed by atoms with van der Waals surface area (Å²) in [6, 6.07) is 27.6. The Morgan fingerprint density at radius 3 is 2.40 bits per heavy atom. The molecule has 3 saturated heterocycles. The predicted molar refractivity (Wildman–Crippen MR) is 166 cm³/mol. The van der Waals surface area contributed by atoms with Gasteiger partial charge in [0.1, 0.15) is 18.3 Å². The average Bonchev–Trinajstić information content (AvgIpc) is 3.79. The summed E-state index contributed by atoms with van der Waals surface area (Å²) in [5.41, 5.74) is 4.71. The Labute approximate surface area is 250 Å². The van der Waals surface area contributed by atoms with Crippen molar-refractivity contribution in [3.63, 3.8) is 0 Å². The van der Waals surface area contributed by atoms with Crippen molar-refractivity contribution in [3.8, 4) is 11.1 Å². The van der Waals surface area contributed by atoms with E-state index in [1.165, 1.54) is 0 Å². The summed E-state index contributed by atoms with van der Waals surface area (Å²) in [6.07, 6.45) is 1.43. The van der Waals surface area contributed by atoms with Gasteiger partial charge in [0.2, 0.25) is 5.91 Å². The fourth-order valence-electron chi connectivity index (χ4n) is 6.76. The highest BCUT2D eigenvalue weighted by Crippen LogP contribution is 2.48. The van der Waals surface area contributed by atoms with Crippen LogP contribution in [0.5, 0.6) is 0 Å². The monoisotopic (exact) mass is 577 g/mol. The number of anilines is 2. The second-order valence-electron chi connectivity index (χ2n) is 11.9. The van der Waals surface area contributed by atoms with Crippen molar-refractivity contribution in [2.24, 2.45) is 0 Å². The number of aliphatic hydroxyl groups is 1. The molecule has 3 aliphatic rings. The molecule has 0 spiro atoms. The number of likely N-dealkylation sites (N-methyl/N-ethyl adjacent to an activating group) is 1. The second kappa shape index (κ2) is 11.1. The maximum Gasteiger partial charge on any atom is 0.411 e. The van der Waals surface area contributed by atoms with Crippen LogP contribution in [0.4, 0.5) is 16.2 Å². The van der Waals surface area contributed by atoms with Crippen LogP contribution < -0.4 is 10.6 Å². The molecule has 0 aliphatic carbocycles. The smallest absolute Gasteiger partial charge is 0.411 e. The number of nitrogens with one attached hydrogen (secondary N) is 2. The van der Waals surface area contributed by atoms with Crippen LogP contribution in [0, 0.1) is 0 Å². The first-order chi connectivity index (χ1) is 20.9. The fraction of sp³-hybridized carbons (Fsp3) is 0.314. The molecule has 3 aliphatic heterocycles. The molecule has 3 N–H and O–H groups in total. The SMILES string of the molecule is CC(C(=O)Nc1ccc2cc(CO)ccc2c1)c1ccc(-c2ccccc2)c(NC(=O)OC2CC3C4OC4C(C2)N3C)c1. The number of epoxide rings is 1. The van der Waals surface area contributed by atoms with E-state index in [1.807, 2.05) is 91.9 Å². The molecule has 220 valence electrons. The average molecular weight is 578 g/mol. The third-order valence-electron chi connectivity index (χ3n) is 9.26. The van der Waals surface area contributed by atoms with Gasteiger partial charge >= 0.3 is 6.09 Å². The first-order valence-corrected chi connectivity index (χ1v) is 14.9. The Hall–Kier alpha value is -4.24. The third kappa shape index (κ3) is 5.38. The topological polar surface area (TPSA) is 103 Å². The van der Waals surface area contributed by atoms with Crippen LogP contribution in [0.3, 0.4) is 0 Å². The lowest BCUT2D eigenvalue weighted by Gasteiger charge is -2.37. The zero-order valence-corrected chi connectivity index (χ0v) is 24.2. The molecule has 0 saturated carbocycles. The van der Waals surface area contributed by atoms with E-state index in [0.29, 0.717) is 23.5 Å². The molecule has 3 fully saturated rings. The Morgan fingerprint density at radius 1 is 0.930 bits per heavy atom. The quantitative estimate of drug-likeness (QED) is 0.236. The molecule has 0 aromatic heterocycles. The number of rotatable bonds is 7. The van der Waals surface area contributed by atoms with Crippen molar-refractivity contribution >= 4 is 34.1 Å². The standard InChI is InChI=1S/C35H35N3O5/c1-20(34(40)36-26-12-10-24-14-21(19-39)8-9-25(24)15-26)23-11-13-28(22-6-4-3-5-7-22)29(16-23)37-35(41)42-27-17-30-32-33(43-32)31(18-27)38(30)2/h3-16,20,27,30-33,39H,17-19H2,1-2H3,(H,36,40)(H,37,41). The predicted octanol–water partition coefficient (Wildman–Crippen LogP) is 5.90. The lowest BCUT2D eigenvalue weighted by molar-refractivity contribution is -0.117. The highest BCUT2D eigenvalue weighted by atomic mass is 16.6. The number of carbonyl (C=O) groups excluding carboxylic acids is 2. The summed E-state index contributed by atoms with van der Waals surface area (Å²) in [5, 5.41) is 17.4. The minimum absolute atomic E-state index is 0.0149. The minimum atomic E-state index is -0.490. The van der Waals surface area contributed by atoms with E-state index < -0.39 is 12.0 Å². The highest BCUT2D eigenvalue weighted by Gasteiger charge is 2.62. The van der Waals surface area contributed by atoms with Crippen molar-refractivity contribution < 1.29 is 24.2 Å². The zero-order chi connectivity index (χ0) is 29.7. The Morgan fingerprint density at radius 2 is 1.65 bits per heavy atom. The van der Waals surface area contributed by atoms with E-state index in [4.69, 9.17) is 9.47 Å². The van der Waals surface area contributed by atoms with Gasteiger partial charge in [-0.05, 0) is 65.7 Å². The van der Waals surface area contributed by atoms with Crippen molar-refractivity contribution in [2.45, 2.75) is 62.7 Å². The van der Waals surface area contributed by atoms with E-state index in [-0.39, 0.29) is 30.8 Å². The molecular weight excluding hydrogens is 542 g/mol.